The fraction of sp³-hybridized carbons (Fsp3) is 0.462. The maximum atomic E-state index is 13.2. The van der Waals surface area contributed by atoms with Crippen LogP contribution >= 0.6 is 11.6 Å². The van der Waals surface area contributed by atoms with Crippen LogP contribution in [-0.2, 0) is 0 Å². The molecule has 0 saturated carbocycles. The molecule has 17 heavy (non-hydrogen) atoms. The Bertz CT molecular complexity index is 386. The molecule has 1 rings (SSSR count). The number of carbonyl (C=O) groups excluding carboxylic acids is 1. The molecule has 1 amide bonds. The molecule has 0 heterocycles. The van der Waals surface area contributed by atoms with Crippen LogP contribution in [0.2, 0.25) is 0 Å². The summed E-state index contributed by atoms with van der Waals surface area (Å²) in [7, 11) is 1.70. The fourth-order valence-corrected chi connectivity index (χ4v) is 1.65. The third-order valence-electron chi connectivity index (χ3n) is 2.50. The van der Waals surface area contributed by atoms with Gasteiger partial charge in [-0.15, -0.1) is 11.6 Å². The lowest BCUT2D eigenvalue weighted by molar-refractivity contribution is 0.0793. The van der Waals surface area contributed by atoms with Crippen LogP contribution in [0.25, 0.3) is 0 Å². The van der Waals surface area contributed by atoms with Gasteiger partial charge in [-0.1, -0.05) is 0 Å². The van der Waals surface area contributed by atoms with Gasteiger partial charge in [-0.05, 0) is 44.0 Å². The lowest BCUT2D eigenvalue weighted by Gasteiger charge is -2.18. The van der Waals surface area contributed by atoms with Gasteiger partial charge >= 0.3 is 0 Å². The maximum Gasteiger partial charge on any atom is 0.253 e. The van der Waals surface area contributed by atoms with E-state index in [0.29, 0.717) is 12.1 Å². The minimum atomic E-state index is -0.382. The second-order valence-corrected chi connectivity index (χ2v) is 5.06. The maximum absolute atomic E-state index is 13.2. The van der Waals surface area contributed by atoms with E-state index in [4.69, 9.17) is 11.6 Å². The second-order valence-electron chi connectivity index (χ2n) is 4.31. The highest BCUT2D eigenvalue weighted by Gasteiger charge is 2.13. The summed E-state index contributed by atoms with van der Waals surface area (Å²) >= 11 is 5.83. The molecule has 1 aromatic carbocycles. The molecule has 1 atom stereocenters. The van der Waals surface area contributed by atoms with Crippen molar-refractivity contribution in [3.05, 3.63) is 35.1 Å². The van der Waals surface area contributed by atoms with Crippen LogP contribution in [0.1, 0.15) is 29.3 Å². The lowest BCUT2D eigenvalue weighted by atomic mass is 10.1. The molecule has 1 aromatic rings. The van der Waals surface area contributed by atoms with Gasteiger partial charge in [0.05, 0.1) is 0 Å². The van der Waals surface area contributed by atoms with E-state index in [1.165, 1.54) is 12.1 Å². The van der Waals surface area contributed by atoms with Gasteiger partial charge in [-0.2, -0.15) is 0 Å². The molecule has 4 heteroatoms. The number of rotatable bonds is 4. The first-order chi connectivity index (χ1) is 7.90. The minimum Gasteiger partial charge on any atom is -0.342 e. The van der Waals surface area contributed by atoms with Crippen molar-refractivity contribution < 1.29 is 9.18 Å². The van der Waals surface area contributed by atoms with E-state index in [1.54, 1.807) is 24.9 Å². The van der Waals surface area contributed by atoms with Crippen LogP contribution in [0.4, 0.5) is 4.39 Å². The van der Waals surface area contributed by atoms with Crippen LogP contribution in [0, 0.1) is 12.7 Å². The SMILES string of the molecule is Cc1cc(F)cc(C(=O)N(C)CCC(C)Cl)c1. The van der Waals surface area contributed by atoms with Gasteiger partial charge in [0.15, 0.2) is 0 Å². The standard InChI is InChI=1S/C13H17ClFNO/c1-9-6-11(8-12(15)7-9)13(17)16(3)5-4-10(2)14/h6-8,10H,4-5H2,1-3H3. The molecule has 0 spiro atoms. The van der Waals surface area contributed by atoms with E-state index >= 15 is 0 Å². The molecule has 0 aliphatic rings. The monoisotopic (exact) mass is 257 g/mol. The average molecular weight is 258 g/mol. The number of amides is 1. The number of halogens is 2. The highest BCUT2D eigenvalue weighted by atomic mass is 35.5. The van der Waals surface area contributed by atoms with Gasteiger partial charge in [0.1, 0.15) is 5.82 Å². The normalized spacial score (nSPS) is 12.3. The quantitative estimate of drug-likeness (QED) is 0.759. The minimum absolute atomic E-state index is 0.0273. The second kappa shape index (κ2) is 6.01. The smallest absolute Gasteiger partial charge is 0.253 e. The third kappa shape index (κ3) is 4.35. The topological polar surface area (TPSA) is 20.3 Å². The number of hydrogen-bond acceptors (Lipinski definition) is 1. The Balaban J connectivity index is 2.74. The predicted octanol–water partition coefficient (Wildman–Crippen LogP) is 3.22. The summed E-state index contributed by atoms with van der Waals surface area (Å²) < 4.78 is 13.2. The molecule has 0 aliphatic heterocycles. The van der Waals surface area contributed by atoms with Crippen LogP contribution in [0.5, 0.6) is 0 Å². The Hall–Kier alpha value is -1.09. The molecule has 0 N–H and O–H groups in total. The number of aryl methyl sites for hydroxylation is 1. The van der Waals surface area contributed by atoms with Crippen molar-refractivity contribution in [2.24, 2.45) is 0 Å². The van der Waals surface area contributed by atoms with Crippen LogP contribution in [-0.4, -0.2) is 29.8 Å². The Morgan fingerprint density at radius 1 is 1.47 bits per heavy atom. The molecule has 0 saturated heterocycles. The molecule has 0 radical (unpaired) electrons. The molecule has 2 nitrogen and oxygen atoms in total. The van der Waals surface area contributed by atoms with Gasteiger partial charge < -0.3 is 4.90 Å². The van der Waals surface area contributed by atoms with E-state index in [1.807, 2.05) is 6.92 Å². The molecular formula is C13H17ClFNO. The van der Waals surface area contributed by atoms with E-state index in [2.05, 4.69) is 0 Å². The summed E-state index contributed by atoms with van der Waals surface area (Å²) in [6.45, 7) is 4.21. The molecular weight excluding hydrogens is 241 g/mol. The molecule has 0 aromatic heterocycles. The third-order valence-corrected chi connectivity index (χ3v) is 2.72. The van der Waals surface area contributed by atoms with Crippen molar-refractivity contribution in [1.29, 1.82) is 0 Å². The lowest BCUT2D eigenvalue weighted by Crippen LogP contribution is -2.29. The Labute approximate surface area is 106 Å². The van der Waals surface area contributed by atoms with Gasteiger partial charge in [0.2, 0.25) is 0 Å². The van der Waals surface area contributed by atoms with Crippen molar-refractivity contribution in [1.82, 2.24) is 4.90 Å². The van der Waals surface area contributed by atoms with Crippen molar-refractivity contribution >= 4 is 17.5 Å². The zero-order chi connectivity index (χ0) is 13.0. The number of benzene rings is 1. The number of hydrogen-bond donors (Lipinski definition) is 0. The molecule has 1 unspecified atom stereocenters. The van der Waals surface area contributed by atoms with Crippen molar-refractivity contribution in [2.75, 3.05) is 13.6 Å². The van der Waals surface area contributed by atoms with Gasteiger partial charge in [0, 0.05) is 24.5 Å². The number of nitrogens with zero attached hydrogens (tertiary/aromatic N) is 1. The summed E-state index contributed by atoms with van der Waals surface area (Å²) in [5, 5.41) is 0.0273. The zero-order valence-electron chi connectivity index (χ0n) is 10.3. The Kier molecular flexibility index (Phi) is 4.94. The van der Waals surface area contributed by atoms with Crippen LogP contribution < -0.4 is 0 Å². The van der Waals surface area contributed by atoms with Crippen molar-refractivity contribution in [3.8, 4) is 0 Å². The summed E-state index contributed by atoms with van der Waals surface area (Å²) in [5.74, 6) is -0.558. The number of alkyl halides is 1. The fourth-order valence-electron chi connectivity index (χ4n) is 1.55. The van der Waals surface area contributed by atoms with Gasteiger partial charge in [-0.25, -0.2) is 4.39 Å². The van der Waals surface area contributed by atoms with Gasteiger partial charge in [0.25, 0.3) is 5.91 Å². The van der Waals surface area contributed by atoms with E-state index in [0.717, 1.165) is 12.0 Å². The van der Waals surface area contributed by atoms with Crippen molar-refractivity contribution in [2.45, 2.75) is 25.6 Å². The molecule has 94 valence electrons. The Morgan fingerprint density at radius 2 is 2.12 bits per heavy atom. The Morgan fingerprint density at radius 3 is 2.65 bits per heavy atom. The first-order valence-electron chi connectivity index (χ1n) is 5.57. The first kappa shape index (κ1) is 14.0. The summed E-state index contributed by atoms with van der Waals surface area (Å²) in [6, 6.07) is 4.35. The van der Waals surface area contributed by atoms with E-state index < -0.39 is 0 Å². The van der Waals surface area contributed by atoms with Crippen molar-refractivity contribution in [3.63, 3.8) is 0 Å². The highest BCUT2D eigenvalue weighted by Crippen LogP contribution is 2.11. The predicted molar refractivity (Wildman–Crippen MR) is 68.0 cm³/mol. The van der Waals surface area contributed by atoms with Crippen LogP contribution in [0.3, 0.4) is 0 Å². The first-order valence-corrected chi connectivity index (χ1v) is 6.00. The summed E-state index contributed by atoms with van der Waals surface area (Å²) in [4.78, 5) is 13.5. The van der Waals surface area contributed by atoms with E-state index in [-0.39, 0.29) is 17.1 Å². The molecule has 0 bridgehead atoms. The average Bonchev–Trinajstić information content (AvgIpc) is 2.23. The summed E-state index contributed by atoms with van der Waals surface area (Å²) in [5.41, 5.74) is 1.12. The number of carbonyl (C=O) groups is 1. The zero-order valence-corrected chi connectivity index (χ0v) is 11.1. The molecule has 0 aliphatic carbocycles. The molecule has 0 fully saturated rings. The largest absolute Gasteiger partial charge is 0.342 e. The van der Waals surface area contributed by atoms with E-state index in [9.17, 15) is 9.18 Å². The summed E-state index contributed by atoms with van der Waals surface area (Å²) in [6.07, 6.45) is 0.720. The van der Waals surface area contributed by atoms with Gasteiger partial charge in [-0.3, -0.25) is 4.79 Å². The van der Waals surface area contributed by atoms with Crippen LogP contribution in [0.15, 0.2) is 18.2 Å². The highest BCUT2D eigenvalue weighted by molar-refractivity contribution is 6.20.